The monoisotopic (exact) mass is 285 g/mol. The molecule has 0 aliphatic heterocycles. The molecule has 0 N–H and O–H groups in total. The van der Waals surface area contributed by atoms with Gasteiger partial charge in [0.1, 0.15) is 11.3 Å². The summed E-state index contributed by atoms with van der Waals surface area (Å²) in [5, 5.41) is 0. The maximum Gasteiger partial charge on any atom is 0.164 e. The Hall–Kier alpha value is -1.87. The normalized spacial score (nSPS) is 11.2. The molecular formula is C16H16ClN3. The van der Waals surface area contributed by atoms with Crippen molar-refractivity contribution in [2.75, 3.05) is 5.88 Å². The first-order valence-electron chi connectivity index (χ1n) is 6.66. The molecule has 0 saturated carbocycles. The molecular weight excluding hydrogens is 270 g/mol. The molecule has 0 unspecified atom stereocenters. The lowest BCUT2D eigenvalue weighted by atomic mass is 10.2. The van der Waals surface area contributed by atoms with Gasteiger partial charge in [-0.1, -0.05) is 18.2 Å². The number of para-hydroxylation sites is 1. The average Bonchev–Trinajstić information content (AvgIpc) is 2.77. The predicted molar refractivity (Wildman–Crippen MR) is 82.8 cm³/mol. The number of aromatic nitrogens is 3. The summed E-state index contributed by atoms with van der Waals surface area (Å²) < 4.78 is 2.12. The Morgan fingerprint density at radius 1 is 1.20 bits per heavy atom. The number of alkyl halides is 1. The molecule has 20 heavy (non-hydrogen) atoms. The molecule has 102 valence electrons. The minimum Gasteiger partial charge on any atom is -0.280 e. The first-order chi connectivity index (χ1) is 9.70. The van der Waals surface area contributed by atoms with Crippen molar-refractivity contribution < 1.29 is 0 Å². The lowest BCUT2D eigenvalue weighted by Gasteiger charge is -2.10. The van der Waals surface area contributed by atoms with E-state index in [1.165, 1.54) is 5.56 Å². The zero-order valence-corrected chi connectivity index (χ0v) is 12.4. The predicted octanol–water partition coefficient (Wildman–Crippen LogP) is 3.82. The first-order valence-corrected chi connectivity index (χ1v) is 7.20. The van der Waals surface area contributed by atoms with Crippen molar-refractivity contribution in [3.8, 4) is 5.69 Å². The summed E-state index contributed by atoms with van der Waals surface area (Å²) in [6, 6.07) is 10.3. The minimum atomic E-state index is 0.550. The van der Waals surface area contributed by atoms with Crippen LogP contribution >= 0.6 is 11.6 Å². The molecule has 0 aliphatic rings. The summed E-state index contributed by atoms with van der Waals surface area (Å²) in [7, 11) is 0. The fourth-order valence-electron chi connectivity index (χ4n) is 2.43. The van der Waals surface area contributed by atoms with Crippen LogP contribution in [-0.4, -0.2) is 20.4 Å². The van der Waals surface area contributed by atoms with E-state index >= 15 is 0 Å². The number of aryl methyl sites for hydroxylation is 3. The molecule has 1 aromatic carbocycles. The summed E-state index contributed by atoms with van der Waals surface area (Å²) in [4.78, 5) is 9.26. The third-order valence-corrected chi connectivity index (χ3v) is 3.57. The van der Waals surface area contributed by atoms with Gasteiger partial charge >= 0.3 is 0 Å². The van der Waals surface area contributed by atoms with E-state index in [0.29, 0.717) is 5.88 Å². The van der Waals surface area contributed by atoms with E-state index in [2.05, 4.69) is 34.7 Å². The standard InChI is InChI=1S/C16H16ClN3/c1-11-9-13-16(18-10-11)20(15(19-13)7-8-17)14-6-4-3-5-12(14)2/h3-6,9-10H,7-8H2,1-2H3. The average molecular weight is 286 g/mol. The Kier molecular flexibility index (Phi) is 3.45. The SMILES string of the molecule is Cc1cnc2c(c1)nc(CCCl)n2-c1ccccc1C. The van der Waals surface area contributed by atoms with E-state index in [1.807, 2.05) is 25.3 Å². The highest BCUT2D eigenvalue weighted by Gasteiger charge is 2.14. The van der Waals surface area contributed by atoms with Gasteiger partial charge in [0.05, 0.1) is 5.69 Å². The third-order valence-electron chi connectivity index (χ3n) is 3.38. The molecule has 0 spiro atoms. The number of nitrogens with zero attached hydrogens (tertiary/aromatic N) is 3. The number of benzene rings is 1. The number of rotatable bonds is 3. The largest absolute Gasteiger partial charge is 0.280 e. The number of halogens is 1. The van der Waals surface area contributed by atoms with Crippen molar-refractivity contribution in [3.05, 3.63) is 53.5 Å². The summed E-state index contributed by atoms with van der Waals surface area (Å²) in [5.74, 6) is 1.51. The summed E-state index contributed by atoms with van der Waals surface area (Å²) in [6.07, 6.45) is 2.61. The summed E-state index contributed by atoms with van der Waals surface area (Å²) in [6.45, 7) is 4.13. The fourth-order valence-corrected chi connectivity index (χ4v) is 2.60. The van der Waals surface area contributed by atoms with Crippen LogP contribution in [-0.2, 0) is 6.42 Å². The van der Waals surface area contributed by atoms with Crippen molar-refractivity contribution in [2.24, 2.45) is 0 Å². The van der Waals surface area contributed by atoms with Crippen LogP contribution in [0.3, 0.4) is 0 Å². The van der Waals surface area contributed by atoms with E-state index in [1.54, 1.807) is 0 Å². The van der Waals surface area contributed by atoms with Gasteiger partial charge in [-0.2, -0.15) is 0 Å². The van der Waals surface area contributed by atoms with Gasteiger partial charge in [-0.25, -0.2) is 9.97 Å². The van der Waals surface area contributed by atoms with Crippen LogP contribution < -0.4 is 0 Å². The van der Waals surface area contributed by atoms with Crippen molar-refractivity contribution in [1.29, 1.82) is 0 Å². The Balaban J connectivity index is 2.32. The molecule has 3 rings (SSSR count). The van der Waals surface area contributed by atoms with E-state index < -0.39 is 0 Å². The molecule has 0 amide bonds. The van der Waals surface area contributed by atoms with Crippen molar-refractivity contribution in [1.82, 2.24) is 14.5 Å². The van der Waals surface area contributed by atoms with E-state index in [9.17, 15) is 0 Å². The topological polar surface area (TPSA) is 30.7 Å². The summed E-state index contributed by atoms with van der Waals surface area (Å²) in [5.41, 5.74) is 5.25. The van der Waals surface area contributed by atoms with Gasteiger partial charge < -0.3 is 0 Å². The van der Waals surface area contributed by atoms with Crippen LogP contribution in [0.5, 0.6) is 0 Å². The quantitative estimate of drug-likeness (QED) is 0.685. The van der Waals surface area contributed by atoms with Crippen molar-refractivity contribution >= 4 is 22.8 Å². The molecule has 2 aromatic heterocycles. The maximum absolute atomic E-state index is 5.92. The van der Waals surface area contributed by atoms with Crippen LogP contribution in [0.4, 0.5) is 0 Å². The van der Waals surface area contributed by atoms with Crippen LogP contribution in [0.25, 0.3) is 16.9 Å². The molecule has 0 saturated heterocycles. The molecule has 3 aromatic rings. The molecule has 3 nitrogen and oxygen atoms in total. The molecule has 0 aliphatic carbocycles. The lowest BCUT2D eigenvalue weighted by Crippen LogP contribution is -2.04. The van der Waals surface area contributed by atoms with Gasteiger partial charge in [0.15, 0.2) is 5.65 Å². The number of hydrogen-bond donors (Lipinski definition) is 0. The highest BCUT2D eigenvalue weighted by atomic mass is 35.5. The van der Waals surface area contributed by atoms with Crippen LogP contribution in [0.15, 0.2) is 36.5 Å². The molecule has 0 atom stereocenters. The Morgan fingerprint density at radius 2 is 2.00 bits per heavy atom. The molecule has 4 heteroatoms. The molecule has 0 radical (unpaired) electrons. The second-order valence-corrected chi connectivity index (χ2v) is 5.32. The van der Waals surface area contributed by atoms with Gasteiger partial charge in [-0.15, -0.1) is 11.6 Å². The van der Waals surface area contributed by atoms with Crippen molar-refractivity contribution in [3.63, 3.8) is 0 Å². The molecule has 2 heterocycles. The van der Waals surface area contributed by atoms with E-state index in [0.717, 1.165) is 34.7 Å². The Morgan fingerprint density at radius 3 is 2.75 bits per heavy atom. The number of hydrogen-bond acceptors (Lipinski definition) is 2. The van der Waals surface area contributed by atoms with Crippen molar-refractivity contribution in [2.45, 2.75) is 20.3 Å². The first kappa shape index (κ1) is 13.1. The van der Waals surface area contributed by atoms with E-state index in [4.69, 9.17) is 16.6 Å². The minimum absolute atomic E-state index is 0.550. The molecule has 0 fully saturated rings. The summed E-state index contributed by atoms with van der Waals surface area (Å²) >= 11 is 5.92. The highest BCUT2D eigenvalue weighted by Crippen LogP contribution is 2.23. The fraction of sp³-hybridized carbons (Fsp3) is 0.250. The number of fused-ring (bicyclic) bond motifs is 1. The van der Waals surface area contributed by atoms with Gasteiger partial charge in [-0.3, -0.25) is 4.57 Å². The lowest BCUT2D eigenvalue weighted by molar-refractivity contribution is 0.900. The second kappa shape index (κ2) is 5.25. The van der Waals surface area contributed by atoms with Crippen LogP contribution in [0.2, 0.25) is 0 Å². The second-order valence-electron chi connectivity index (χ2n) is 4.94. The molecule has 0 bridgehead atoms. The maximum atomic E-state index is 5.92. The van der Waals surface area contributed by atoms with Gasteiger partial charge in [0, 0.05) is 18.5 Å². The van der Waals surface area contributed by atoms with Gasteiger partial charge in [-0.05, 0) is 37.1 Å². The Bertz CT molecular complexity index is 762. The van der Waals surface area contributed by atoms with Crippen LogP contribution in [0, 0.1) is 13.8 Å². The zero-order chi connectivity index (χ0) is 14.1. The smallest absolute Gasteiger partial charge is 0.164 e. The Labute approximate surface area is 123 Å². The highest BCUT2D eigenvalue weighted by molar-refractivity contribution is 6.17. The van der Waals surface area contributed by atoms with Crippen LogP contribution in [0.1, 0.15) is 17.0 Å². The number of pyridine rings is 1. The van der Waals surface area contributed by atoms with Gasteiger partial charge in [0.2, 0.25) is 0 Å². The van der Waals surface area contributed by atoms with E-state index in [-0.39, 0.29) is 0 Å². The third kappa shape index (κ3) is 2.18. The van der Waals surface area contributed by atoms with Gasteiger partial charge in [0.25, 0.3) is 0 Å². The zero-order valence-electron chi connectivity index (χ0n) is 11.6. The number of imidazole rings is 1.